The molecular formula is C10H15BrN2O. The van der Waals surface area contributed by atoms with Crippen LogP contribution in [0.1, 0.15) is 6.42 Å². The first kappa shape index (κ1) is 11.5. The molecule has 78 valence electrons. The molecule has 3 nitrogen and oxygen atoms in total. The first-order valence-electron chi connectivity index (χ1n) is 4.77. The van der Waals surface area contributed by atoms with E-state index in [1.165, 1.54) is 0 Å². The minimum absolute atomic E-state index is 0.0646. The minimum Gasteiger partial charge on any atom is -0.315 e. The van der Waals surface area contributed by atoms with Gasteiger partial charge in [0.1, 0.15) is 0 Å². The maximum absolute atomic E-state index is 11.3. The van der Waals surface area contributed by atoms with Gasteiger partial charge in [0.2, 0.25) is 0 Å². The van der Waals surface area contributed by atoms with Gasteiger partial charge in [-0.25, -0.2) is 0 Å². The number of pyridine rings is 1. The van der Waals surface area contributed by atoms with Crippen molar-refractivity contribution in [3.8, 4) is 0 Å². The SMILES string of the molecule is O=c1ccccn1CCNCCCBr. The van der Waals surface area contributed by atoms with Crippen LogP contribution in [0.4, 0.5) is 0 Å². The third-order valence-corrected chi connectivity index (χ3v) is 2.48. The van der Waals surface area contributed by atoms with Gasteiger partial charge in [-0.1, -0.05) is 22.0 Å². The van der Waals surface area contributed by atoms with Crippen LogP contribution >= 0.6 is 15.9 Å². The molecule has 0 aromatic carbocycles. The fraction of sp³-hybridized carbons (Fsp3) is 0.500. The Morgan fingerprint density at radius 3 is 2.93 bits per heavy atom. The highest BCUT2D eigenvalue weighted by atomic mass is 79.9. The molecule has 0 amide bonds. The first-order chi connectivity index (χ1) is 6.84. The standard InChI is InChI=1S/C10H15BrN2O/c11-5-3-6-12-7-9-13-8-2-1-4-10(13)14/h1-2,4,8,12H,3,5-7,9H2. The van der Waals surface area contributed by atoms with Crippen LogP contribution in [0.5, 0.6) is 0 Å². The third-order valence-electron chi connectivity index (χ3n) is 1.92. The van der Waals surface area contributed by atoms with Gasteiger partial charge in [-0.15, -0.1) is 0 Å². The molecule has 1 aromatic heterocycles. The normalized spacial score (nSPS) is 10.4. The monoisotopic (exact) mass is 258 g/mol. The van der Waals surface area contributed by atoms with Crippen molar-refractivity contribution in [2.75, 3.05) is 18.4 Å². The Morgan fingerprint density at radius 2 is 2.21 bits per heavy atom. The summed E-state index contributed by atoms with van der Waals surface area (Å²) in [4.78, 5) is 11.3. The highest BCUT2D eigenvalue weighted by molar-refractivity contribution is 9.09. The molecule has 0 atom stereocenters. The third kappa shape index (κ3) is 4.07. The van der Waals surface area contributed by atoms with E-state index < -0.39 is 0 Å². The second kappa shape index (κ2) is 6.79. The summed E-state index contributed by atoms with van der Waals surface area (Å²) in [6.45, 7) is 2.58. The van der Waals surface area contributed by atoms with Gasteiger partial charge < -0.3 is 9.88 Å². The minimum atomic E-state index is 0.0646. The quantitative estimate of drug-likeness (QED) is 0.615. The number of hydrogen-bond acceptors (Lipinski definition) is 2. The lowest BCUT2D eigenvalue weighted by atomic mass is 10.4. The van der Waals surface area contributed by atoms with E-state index in [0.29, 0.717) is 0 Å². The smallest absolute Gasteiger partial charge is 0.250 e. The van der Waals surface area contributed by atoms with Gasteiger partial charge in [0, 0.05) is 30.7 Å². The molecule has 0 saturated carbocycles. The van der Waals surface area contributed by atoms with Gasteiger partial charge in [0.05, 0.1) is 0 Å². The Labute approximate surface area is 92.3 Å². The fourth-order valence-electron chi connectivity index (χ4n) is 1.16. The molecule has 0 fully saturated rings. The average molecular weight is 259 g/mol. The van der Waals surface area contributed by atoms with E-state index in [0.717, 1.165) is 31.4 Å². The Morgan fingerprint density at radius 1 is 1.36 bits per heavy atom. The van der Waals surface area contributed by atoms with E-state index in [4.69, 9.17) is 0 Å². The molecule has 0 aliphatic heterocycles. The maximum atomic E-state index is 11.3. The van der Waals surface area contributed by atoms with Crippen LogP contribution < -0.4 is 10.9 Å². The summed E-state index contributed by atoms with van der Waals surface area (Å²) in [7, 11) is 0. The zero-order valence-electron chi connectivity index (χ0n) is 8.08. The summed E-state index contributed by atoms with van der Waals surface area (Å²) >= 11 is 3.36. The lowest BCUT2D eigenvalue weighted by Gasteiger charge is -2.05. The van der Waals surface area contributed by atoms with Gasteiger partial charge in [-0.2, -0.15) is 0 Å². The van der Waals surface area contributed by atoms with E-state index in [9.17, 15) is 4.79 Å². The number of hydrogen-bond donors (Lipinski definition) is 1. The van der Waals surface area contributed by atoms with Crippen molar-refractivity contribution in [1.29, 1.82) is 0 Å². The van der Waals surface area contributed by atoms with Crippen LogP contribution in [0.25, 0.3) is 0 Å². The number of aromatic nitrogens is 1. The van der Waals surface area contributed by atoms with Crippen LogP contribution in [0.15, 0.2) is 29.2 Å². The van der Waals surface area contributed by atoms with Crippen molar-refractivity contribution in [1.82, 2.24) is 9.88 Å². The average Bonchev–Trinajstić information content (AvgIpc) is 2.20. The van der Waals surface area contributed by atoms with Crippen molar-refractivity contribution < 1.29 is 0 Å². The number of nitrogens with zero attached hydrogens (tertiary/aromatic N) is 1. The number of nitrogens with one attached hydrogen (secondary N) is 1. The lowest BCUT2D eigenvalue weighted by Crippen LogP contribution is -2.26. The van der Waals surface area contributed by atoms with Gasteiger partial charge in [-0.3, -0.25) is 4.79 Å². The molecule has 0 radical (unpaired) electrons. The van der Waals surface area contributed by atoms with Crippen LogP contribution in [0.2, 0.25) is 0 Å². The van der Waals surface area contributed by atoms with Crippen molar-refractivity contribution in [2.24, 2.45) is 0 Å². The second-order valence-corrected chi connectivity index (χ2v) is 3.82. The number of alkyl halides is 1. The molecule has 4 heteroatoms. The van der Waals surface area contributed by atoms with Crippen molar-refractivity contribution in [3.63, 3.8) is 0 Å². The summed E-state index contributed by atoms with van der Waals surface area (Å²) in [5.74, 6) is 0. The summed E-state index contributed by atoms with van der Waals surface area (Å²) in [5.41, 5.74) is 0.0646. The van der Waals surface area contributed by atoms with Crippen molar-refractivity contribution in [3.05, 3.63) is 34.7 Å². The zero-order valence-corrected chi connectivity index (χ0v) is 9.66. The molecule has 1 N–H and O–H groups in total. The molecule has 1 rings (SSSR count). The molecule has 0 bridgehead atoms. The van der Waals surface area contributed by atoms with Crippen LogP contribution in [0, 0.1) is 0 Å². The fourth-order valence-corrected chi connectivity index (χ4v) is 1.44. The highest BCUT2D eigenvalue weighted by Crippen LogP contribution is 1.85. The molecule has 0 spiro atoms. The Kier molecular flexibility index (Phi) is 5.56. The van der Waals surface area contributed by atoms with E-state index >= 15 is 0 Å². The largest absolute Gasteiger partial charge is 0.315 e. The Bertz CT molecular complexity index is 311. The maximum Gasteiger partial charge on any atom is 0.250 e. The number of halogens is 1. The zero-order chi connectivity index (χ0) is 10.2. The van der Waals surface area contributed by atoms with Gasteiger partial charge in [0.25, 0.3) is 5.56 Å². The predicted octanol–water partition coefficient (Wildman–Crippen LogP) is 1.22. The molecule has 1 aromatic rings. The topological polar surface area (TPSA) is 34.0 Å². The van der Waals surface area contributed by atoms with Crippen LogP contribution in [-0.2, 0) is 6.54 Å². The van der Waals surface area contributed by atoms with Crippen LogP contribution in [-0.4, -0.2) is 23.0 Å². The molecule has 0 unspecified atom stereocenters. The Hall–Kier alpha value is -0.610. The van der Waals surface area contributed by atoms with Gasteiger partial charge in [-0.05, 0) is 19.0 Å². The lowest BCUT2D eigenvalue weighted by molar-refractivity contribution is 0.584. The van der Waals surface area contributed by atoms with E-state index in [1.807, 2.05) is 12.3 Å². The van der Waals surface area contributed by atoms with E-state index in [-0.39, 0.29) is 5.56 Å². The summed E-state index contributed by atoms with van der Waals surface area (Å²) < 4.78 is 1.71. The molecule has 0 aliphatic carbocycles. The van der Waals surface area contributed by atoms with Crippen molar-refractivity contribution in [2.45, 2.75) is 13.0 Å². The highest BCUT2D eigenvalue weighted by Gasteiger charge is 1.92. The predicted molar refractivity (Wildman–Crippen MR) is 62.0 cm³/mol. The molecular weight excluding hydrogens is 244 g/mol. The van der Waals surface area contributed by atoms with Crippen LogP contribution in [0.3, 0.4) is 0 Å². The summed E-state index contributed by atoms with van der Waals surface area (Å²) in [5, 5.41) is 4.29. The van der Waals surface area contributed by atoms with E-state index in [2.05, 4.69) is 21.2 Å². The number of rotatable bonds is 6. The summed E-state index contributed by atoms with van der Waals surface area (Å²) in [6, 6.07) is 5.22. The van der Waals surface area contributed by atoms with Gasteiger partial charge in [0.15, 0.2) is 0 Å². The molecule has 0 aliphatic rings. The molecule has 14 heavy (non-hydrogen) atoms. The van der Waals surface area contributed by atoms with E-state index in [1.54, 1.807) is 16.7 Å². The first-order valence-corrected chi connectivity index (χ1v) is 5.89. The van der Waals surface area contributed by atoms with Gasteiger partial charge >= 0.3 is 0 Å². The Balaban J connectivity index is 2.25. The summed E-state index contributed by atoms with van der Waals surface area (Å²) in [6.07, 6.45) is 2.93. The molecule has 0 saturated heterocycles. The second-order valence-electron chi connectivity index (χ2n) is 3.02. The van der Waals surface area contributed by atoms with Crippen molar-refractivity contribution >= 4 is 15.9 Å². The molecule has 1 heterocycles.